The first-order valence-corrected chi connectivity index (χ1v) is 13.5. The monoisotopic (exact) mass is 558 g/mol. The molecule has 0 saturated carbocycles. The molecule has 1 N–H and O–H groups in total. The Morgan fingerprint density at radius 1 is 1.05 bits per heavy atom. The van der Waals surface area contributed by atoms with Crippen molar-refractivity contribution >= 4 is 27.8 Å². The quantitative estimate of drug-likeness (QED) is 0.235. The number of benzene rings is 3. The van der Waals surface area contributed by atoms with E-state index in [2.05, 4.69) is 10.5 Å². The number of anilines is 1. The van der Waals surface area contributed by atoms with Crippen LogP contribution >= 0.6 is 0 Å². The van der Waals surface area contributed by atoms with Gasteiger partial charge in [0.15, 0.2) is 6.61 Å². The summed E-state index contributed by atoms with van der Waals surface area (Å²) in [7, 11) is -2.67. The van der Waals surface area contributed by atoms with Crippen LogP contribution in [0.1, 0.15) is 11.3 Å². The fourth-order valence-electron chi connectivity index (χ4n) is 3.96. The summed E-state index contributed by atoms with van der Waals surface area (Å²) in [6, 6.07) is 24.9. The van der Waals surface area contributed by atoms with Gasteiger partial charge in [-0.15, -0.1) is 0 Å². The average molecular weight is 559 g/mol. The molecule has 0 fully saturated rings. The number of carbonyl (C=O) groups excluding carboxylic acids is 1. The molecule has 0 aliphatic heterocycles. The second kappa shape index (κ2) is 12.1. The third-order valence-corrected chi connectivity index (χ3v) is 7.74. The summed E-state index contributed by atoms with van der Waals surface area (Å²) in [5.74, 6) is -0.248. The molecule has 0 bridgehead atoms. The van der Waals surface area contributed by atoms with Gasteiger partial charge in [-0.2, -0.15) is 10.4 Å². The molecule has 1 aromatic heterocycles. The lowest BCUT2D eigenvalue weighted by atomic mass is 10.2. The number of nitriles is 1. The molecule has 3 aromatic carbocycles. The number of ether oxygens (including phenoxy) is 1. The highest BCUT2D eigenvalue weighted by Crippen LogP contribution is 2.25. The van der Waals surface area contributed by atoms with Crippen molar-refractivity contribution in [3.05, 3.63) is 107 Å². The zero-order valence-electron chi connectivity index (χ0n) is 21.8. The molecular weight excluding hydrogens is 532 g/mol. The van der Waals surface area contributed by atoms with E-state index in [1.807, 2.05) is 6.07 Å². The van der Waals surface area contributed by atoms with Crippen molar-refractivity contribution in [2.45, 2.75) is 11.8 Å². The van der Waals surface area contributed by atoms with E-state index in [-0.39, 0.29) is 17.2 Å². The second-order valence-corrected chi connectivity index (χ2v) is 10.4. The smallest absolute Gasteiger partial charge is 0.296 e. The Morgan fingerprint density at radius 2 is 1.68 bits per heavy atom. The zero-order chi connectivity index (χ0) is 28.7. The minimum Gasteiger partial charge on any atom is -0.479 e. The molecule has 0 atom stereocenters. The molecule has 12 heteroatoms. The van der Waals surface area contributed by atoms with E-state index in [9.17, 15) is 18.0 Å². The van der Waals surface area contributed by atoms with E-state index in [4.69, 9.17) is 10.00 Å². The molecule has 0 radical (unpaired) electrons. The SMILES string of the molecule is Cc1c(N(CC(=O)N/N=C\c2ccc(OCC#N)cc2)S(=O)(=O)c2ccccc2)c(=O)n(-c2ccccc2)n1C. The number of para-hydroxylation sites is 1. The van der Waals surface area contributed by atoms with Crippen molar-refractivity contribution in [3.63, 3.8) is 0 Å². The predicted molar refractivity (Wildman–Crippen MR) is 150 cm³/mol. The van der Waals surface area contributed by atoms with Gasteiger partial charge in [-0.05, 0) is 61.0 Å². The number of nitrogens with one attached hydrogen (secondary N) is 1. The van der Waals surface area contributed by atoms with E-state index in [0.29, 0.717) is 22.7 Å². The topological polar surface area (TPSA) is 139 Å². The van der Waals surface area contributed by atoms with Crippen LogP contribution in [0.4, 0.5) is 5.69 Å². The first kappa shape index (κ1) is 27.9. The summed E-state index contributed by atoms with van der Waals surface area (Å²) in [5, 5.41) is 12.5. The Hall–Kier alpha value is -5.15. The van der Waals surface area contributed by atoms with Crippen molar-refractivity contribution in [3.8, 4) is 17.5 Å². The van der Waals surface area contributed by atoms with Crippen LogP contribution in [-0.4, -0.2) is 43.1 Å². The van der Waals surface area contributed by atoms with Gasteiger partial charge in [-0.25, -0.2) is 22.8 Å². The van der Waals surface area contributed by atoms with Crippen molar-refractivity contribution in [2.24, 2.45) is 12.1 Å². The summed E-state index contributed by atoms with van der Waals surface area (Å²) in [5.41, 5.74) is 3.10. The van der Waals surface area contributed by atoms with Crippen molar-refractivity contribution < 1.29 is 17.9 Å². The highest BCUT2D eigenvalue weighted by atomic mass is 32.2. The lowest BCUT2D eigenvalue weighted by Gasteiger charge is -2.22. The van der Waals surface area contributed by atoms with Crippen LogP contribution in [-0.2, 0) is 21.9 Å². The number of hydrazone groups is 1. The van der Waals surface area contributed by atoms with Crippen LogP contribution in [0.15, 0.2) is 99.7 Å². The third-order valence-electron chi connectivity index (χ3n) is 5.98. The number of aromatic nitrogens is 2. The first-order valence-electron chi connectivity index (χ1n) is 12.1. The van der Waals surface area contributed by atoms with E-state index in [1.54, 1.807) is 91.4 Å². The summed E-state index contributed by atoms with van der Waals surface area (Å²) in [4.78, 5) is 26.5. The summed E-state index contributed by atoms with van der Waals surface area (Å²) < 4.78 is 36.4. The predicted octanol–water partition coefficient (Wildman–Crippen LogP) is 2.73. The molecule has 4 rings (SSSR count). The standard InChI is InChI=1S/C28H26N6O5S/c1-21-27(28(36)34(32(21)2)23-9-5-3-6-10-23)33(40(37,38)25-11-7-4-8-12-25)20-26(35)31-30-19-22-13-15-24(16-14-22)39-18-17-29/h3-16,19H,18,20H2,1-2H3,(H,31,35)/b30-19-. The number of sulfonamides is 1. The van der Waals surface area contributed by atoms with Crippen LogP contribution in [0.5, 0.6) is 5.75 Å². The molecule has 0 unspecified atom stereocenters. The maximum absolute atomic E-state index is 13.8. The van der Waals surface area contributed by atoms with Crippen LogP contribution in [0.2, 0.25) is 0 Å². The lowest BCUT2D eigenvalue weighted by molar-refractivity contribution is -0.119. The molecular formula is C28H26N6O5S. The van der Waals surface area contributed by atoms with Crippen LogP contribution in [0, 0.1) is 18.3 Å². The molecule has 1 heterocycles. The van der Waals surface area contributed by atoms with Gasteiger partial charge in [0.2, 0.25) is 0 Å². The maximum atomic E-state index is 13.8. The molecule has 4 aromatic rings. The fraction of sp³-hybridized carbons (Fsp3) is 0.143. The molecule has 11 nitrogen and oxygen atoms in total. The number of hydrogen-bond acceptors (Lipinski definition) is 7. The largest absolute Gasteiger partial charge is 0.479 e. The number of hydrogen-bond donors (Lipinski definition) is 1. The first-order chi connectivity index (χ1) is 19.2. The Labute approximate surface area is 231 Å². The van der Waals surface area contributed by atoms with Gasteiger partial charge in [0.1, 0.15) is 24.1 Å². The number of rotatable bonds is 10. The third kappa shape index (κ3) is 5.95. The molecule has 40 heavy (non-hydrogen) atoms. The minimum absolute atomic E-state index is 0.0704. The normalized spacial score (nSPS) is 11.2. The molecule has 0 saturated heterocycles. The van der Waals surface area contributed by atoms with Crippen LogP contribution in [0.25, 0.3) is 5.69 Å². The maximum Gasteiger partial charge on any atom is 0.296 e. The van der Waals surface area contributed by atoms with E-state index in [1.165, 1.54) is 23.0 Å². The second-order valence-electron chi connectivity index (χ2n) is 8.54. The average Bonchev–Trinajstić information content (AvgIpc) is 3.19. The van der Waals surface area contributed by atoms with E-state index < -0.39 is 28.0 Å². The Kier molecular flexibility index (Phi) is 8.46. The Morgan fingerprint density at radius 3 is 2.30 bits per heavy atom. The Bertz CT molecular complexity index is 1720. The van der Waals surface area contributed by atoms with Crippen LogP contribution < -0.4 is 20.0 Å². The van der Waals surface area contributed by atoms with Crippen molar-refractivity contribution in [1.82, 2.24) is 14.8 Å². The lowest BCUT2D eigenvalue weighted by Crippen LogP contribution is -2.42. The van der Waals surface area contributed by atoms with Gasteiger partial charge in [-0.3, -0.25) is 14.3 Å². The number of amides is 1. The van der Waals surface area contributed by atoms with Gasteiger partial charge in [0, 0.05) is 7.05 Å². The summed E-state index contributed by atoms with van der Waals surface area (Å²) in [6.07, 6.45) is 1.37. The number of nitrogens with zero attached hydrogens (tertiary/aromatic N) is 5. The molecule has 204 valence electrons. The van der Waals surface area contributed by atoms with Gasteiger partial charge in [0.25, 0.3) is 21.5 Å². The minimum atomic E-state index is -4.31. The molecule has 0 aliphatic carbocycles. The van der Waals surface area contributed by atoms with Gasteiger partial charge < -0.3 is 4.74 Å². The van der Waals surface area contributed by atoms with Crippen molar-refractivity contribution in [1.29, 1.82) is 5.26 Å². The Balaban J connectivity index is 1.65. The van der Waals surface area contributed by atoms with Crippen LogP contribution in [0.3, 0.4) is 0 Å². The highest BCUT2D eigenvalue weighted by Gasteiger charge is 2.33. The van der Waals surface area contributed by atoms with Gasteiger partial charge >= 0.3 is 0 Å². The van der Waals surface area contributed by atoms with Gasteiger partial charge in [0.05, 0.1) is 22.5 Å². The molecule has 1 amide bonds. The summed E-state index contributed by atoms with van der Waals surface area (Å²) in [6.45, 7) is 0.845. The van der Waals surface area contributed by atoms with E-state index >= 15 is 0 Å². The highest BCUT2D eigenvalue weighted by molar-refractivity contribution is 7.92. The van der Waals surface area contributed by atoms with Gasteiger partial charge in [-0.1, -0.05) is 36.4 Å². The number of carbonyl (C=O) groups is 1. The zero-order valence-corrected chi connectivity index (χ0v) is 22.6. The van der Waals surface area contributed by atoms with Crippen molar-refractivity contribution in [2.75, 3.05) is 17.5 Å². The van der Waals surface area contributed by atoms with E-state index in [0.717, 1.165) is 4.31 Å². The fourth-order valence-corrected chi connectivity index (χ4v) is 5.45. The summed E-state index contributed by atoms with van der Waals surface area (Å²) >= 11 is 0. The molecule has 0 spiro atoms. The molecule has 0 aliphatic rings.